The van der Waals surface area contributed by atoms with Gasteiger partial charge in [0.05, 0.1) is 0 Å². The molecule has 2 amide bonds. The van der Waals surface area contributed by atoms with Crippen LogP contribution >= 0.6 is 0 Å². The van der Waals surface area contributed by atoms with Gasteiger partial charge in [-0.3, -0.25) is 9.59 Å². The normalized spacial score (nSPS) is 38.5. The first-order chi connectivity index (χ1) is 9.93. The second kappa shape index (κ2) is 4.57. The van der Waals surface area contributed by atoms with Crippen molar-refractivity contribution in [2.45, 2.75) is 43.3 Å². The molecular weight excluding hydrogens is 278 g/mol. The zero-order valence-electron chi connectivity index (χ0n) is 11.7. The largest absolute Gasteiger partial charge is 0.387 e. The molecule has 4 atom stereocenters. The SMILES string of the molecule is CO[C@]12C(=O)N3[C@H](N=C(N)N)CC[C@H]3C(=O)N1CC[C@H]2O. The molecule has 0 aromatic carbocycles. The molecule has 0 spiro atoms. The van der Waals surface area contributed by atoms with Crippen LogP contribution in [-0.4, -0.2) is 70.4 Å². The van der Waals surface area contributed by atoms with Gasteiger partial charge in [-0.2, -0.15) is 0 Å². The molecule has 0 bridgehead atoms. The minimum absolute atomic E-state index is 0.137. The molecule has 3 heterocycles. The second-order valence-electron chi connectivity index (χ2n) is 5.54. The quantitative estimate of drug-likeness (QED) is 0.382. The molecule has 0 aromatic rings. The molecular formula is C12H19N5O4. The van der Waals surface area contributed by atoms with Gasteiger partial charge >= 0.3 is 0 Å². The highest BCUT2D eigenvalue weighted by Crippen LogP contribution is 2.42. The molecule has 3 fully saturated rings. The van der Waals surface area contributed by atoms with E-state index < -0.39 is 29.9 Å². The van der Waals surface area contributed by atoms with E-state index in [1.165, 1.54) is 16.9 Å². The third-order valence-electron chi connectivity index (χ3n) is 4.54. The number of fused-ring (bicyclic) bond motifs is 2. The number of hydrogen-bond donors (Lipinski definition) is 3. The molecule has 0 saturated carbocycles. The number of carbonyl (C=O) groups excluding carboxylic acids is 2. The van der Waals surface area contributed by atoms with Crippen molar-refractivity contribution in [1.29, 1.82) is 0 Å². The van der Waals surface area contributed by atoms with E-state index in [4.69, 9.17) is 16.2 Å². The molecule has 3 aliphatic rings. The standard InChI is InChI=1S/C12H19N5O4/c1-21-12-7(18)4-5-16(12)9(19)6-2-3-8(15-11(13)14)17(6)10(12)20/h6-8,18H,2-5H2,1H3,(H4,13,14,15)/t6-,7+,8-,12+/m0/s1. The maximum Gasteiger partial charge on any atom is 0.281 e. The lowest BCUT2D eigenvalue weighted by Gasteiger charge is -2.47. The van der Waals surface area contributed by atoms with Crippen LogP contribution in [0.5, 0.6) is 0 Å². The number of aliphatic hydroxyl groups is 1. The first-order valence-electron chi connectivity index (χ1n) is 6.89. The number of aliphatic imine (C=N–C) groups is 1. The van der Waals surface area contributed by atoms with Gasteiger partial charge in [0, 0.05) is 13.7 Å². The van der Waals surface area contributed by atoms with Gasteiger partial charge in [0.2, 0.25) is 5.91 Å². The molecule has 9 nitrogen and oxygen atoms in total. The predicted octanol–water partition coefficient (Wildman–Crippen LogP) is -2.47. The summed E-state index contributed by atoms with van der Waals surface area (Å²) in [5, 5.41) is 10.2. The third-order valence-corrected chi connectivity index (χ3v) is 4.54. The van der Waals surface area contributed by atoms with E-state index in [1.807, 2.05) is 0 Å². The summed E-state index contributed by atoms with van der Waals surface area (Å²) >= 11 is 0. The number of methoxy groups -OCH3 is 1. The Bertz CT molecular complexity index is 520. The molecule has 3 saturated heterocycles. The van der Waals surface area contributed by atoms with Crippen LogP contribution in [0.1, 0.15) is 19.3 Å². The lowest BCUT2D eigenvalue weighted by molar-refractivity contribution is -0.213. The fraction of sp³-hybridized carbons (Fsp3) is 0.750. The predicted molar refractivity (Wildman–Crippen MR) is 71.5 cm³/mol. The molecule has 0 unspecified atom stereocenters. The van der Waals surface area contributed by atoms with E-state index in [2.05, 4.69) is 4.99 Å². The van der Waals surface area contributed by atoms with Crippen LogP contribution in [0.3, 0.4) is 0 Å². The van der Waals surface area contributed by atoms with Crippen molar-refractivity contribution in [1.82, 2.24) is 9.80 Å². The Balaban J connectivity index is 2.04. The van der Waals surface area contributed by atoms with Gasteiger partial charge in [-0.15, -0.1) is 0 Å². The van der Waals surface area contributed by atoms with Crippen molar-refractivity contribution in [3.63, 3.8) is 0 Å². The molecule has 116 valence electrons. The lowest BCUT2D eigenvalue weighted by Crippen LogP contribution is -2.72. The number of carbonyl (C=O) groups is 2. The van der Waals surface area contributed by atoms with Crippen LogP contribution in [0.25, 0.3) is 0 Å². The Hall–Kier alpha value is -1.87. The van der Waals surface area contributed by atoms with Gasteiger partial charge in [0.1, 0.15) is 18.3 Å². The summed E-state index contributed by atoms with van der Waals surface area (Å²) in [6.45, 7) is 0.302. The van der Waals surface area contributed by atoms with E-state index in [9.17, 15) is 14.7 Å². The maximum atomic E-state index is 12.9. The van der Waals surface area contributed by atoms with E-state index in [-0.39, 0.29) is 11.9 Å². The first kappa shape index (κ1) is 14.1. The Morgan fingerprint density at radius 2 is 2.10 bits per heavy atom. The summed E-state index contributed by atoms with van der Waals surface area (Å²) in [7, 11) is 1.32. The lowest BCUT2D eigenvalue weighted by atomic mass is 10.0. The number of hydrogen-bond acceptors (Lipinski definition) is 5. The number of piperazine rings is 1. The van der Waals surface area contributed by atoms with E-state index in [0.29, 0.717) is 25.8 Å². The average Bonchev–Trinajstić information content (AvgIpc) is 2.98. The second-order valence-corrected chi connectivity index (χ2v) is 5.54. The number of nitrogens with zero attached hydrogens (tertiary/aromatic N) is 3. The van der Waals surface area contributed by atoms with Crippen molar-refractivity contribution in [2.75, 3.05) is 13.7 Å². The zero-order chi connectivity index (χ0) is 15.4. The summed E-state index contributed by atoms with van der Waals surface area (Å²) in [4.78, 5) is 32.2. The molecule has 3 rings (SSSR count). The highest BCUT2D eigenvalue weighted by atomic mass is 16.5. The fourth-order valence-corrected chi connectivity index (χ4v) is 3.63. The van der Waals surface area contributed by atoms with Crippen LogP contribution in [0.4, 0.5) is 0 Å². The summed E-state index contributed by atoms with van der Waals surface area (Å²) in [5.41, 5.74) is 9.13. The Morgan fingerprint density at radius 3 is 2.71 bits per heavy atom. The number of nitrogens with two attached hydrogens (primary N) is 2. The Kier molecular flexibility index (Phi) is 3.06. The summed E-state index contributed by atoms with van der Waals surface area (Å²) in [5.74, 6) is -0.810. The van der Waals surface area contributed by atoms with Crippen molar-refractivity contribution < 1.29 is 19.4 Å². The van der Waals surface area contributed by atoms with Crippen molar-refractivity contribution in [3.8, 4) is 0 Å². The van der Waals surface area contributed by atoms with Crippen LogP contribution in [0, 0.1) is 0 Å². The smallest absolute Gasteiger partial charge is 0.281 e. The maximum absolute atomic E-state index is 12.9. The Morgan fingerprint density at radius 1 is 1.38 bits per heavy atom. The van der Waals surface area contributed by atoms with Gasteiger partial charge in [-0.05, 0) is 19.3 Å². The fourth-order valence-electron chi connectivity index (χ4n) is 3.63. The van der Waals surface area contributed by atoms with Gasteiger partial charge in [0.15, 0.2) is 5.96 Å². The Labute approximate surface area is 121 Å². The summed E-state index contributed by atoms with van der Waals surface area (Å²) < 4.78 is 5.31. The van der Waals surface area contributed by atoms with Gasteiger partial charge in [0.25, 0.3) is 11.6 Å². The van der Waals surface area contributed by atoms with Crippen molar-refractivity contribution >= 4 is 17.8 Å². The molecule has 0 radical (unpaired) electrons. The highest BCUT2D eigenvalue weighted by Gasteiger charge is 2.65. The third kappa shape index (κ3) is 1.67. The highest BCUT2D eigenvalue weighted by molar-refractivity contribution is 6.00. The van der Waals surface area contributed by atoms with Crippen LogP contribution < -0.4 is 11.5 Å². The summed E-state index contributed by atoms with van der Waals surface area (Å²) in [6.07, 6.45) is -0.333. The number of rotatable bonds is 2. The number of aliphatic hydroxyl groups excluding tert-OH is 1. The van der Waals surface area contributed by atoms with Crippen LogP contribution in [-0.2, 0) is 14.3 Å². The molecule has 9 heteroatoms. The van der Waals surface area contributed by atoms with Crippen LogP contribution in [0.15, 0.2) is 4.99 Å². The number of amides is 2. The topological polar surface area (TPSA) is 134 Å². The monoisotopic (exact) mass is 297 g/mol. The first-order valence-corrected chi connectivity index (χ1v) is 6.89. The number of ether oxygens (including phenoxy) is 1. The van der Waals surface area contributed by atoms with Gasteiger partial charge in [-0.25, -0.2) is 4.99 Å². The van der Waals surface area contributed by atoms with E-state index >= 15 is 0 Å². The van der Waals surface area contributed by atoms with Crippen molar-refractivity contribution in [2.24, 2.45) is 16.5 Å². The molecule has 3 aliphatic heterocycles. The average molecular weight is 297 g/mol. The zero-order valence-corrected chi connectivity index (χ0v) is 11.7. The molecule has 0 aromatic heterocycles. The van der Waals surface area contributed by atoms with Gasteiger partial charge in [-0.1, -0.05) is 0 Å². The summed E-state index contributed by atoms with van der Waals surface area (Å²) in [6, 6.07) is -0.584. The molecule has 5 N–H and O–H groups in total. The number of guanidine groups is 1. The van der Waals surface area contributed by atoms with E-state index in [1.54, 1.807) is 0 Å². The molecule has 21 heavy (non-hydrogen) atoms. The minimum atomic E-state index is -1.64. The minimum Gasteiger partial charge on any atom is -0.387 e. The molecule has 0 aliphatic carbocycles. The van der Waals surface area contributed by atoms with Crippen molar-refractivity contribution in [3.05, 3.63) is 0 Å². The van der Waals surface area contributed by atoms with Gasteiger partial charge < -0.3 is 31.1 Å². The van der Waals surface area contributed by atoms with Crippen LogP contribution in [0.2, 0.25) is 0 Å². The van der Waals surface area contributed by atoms with E-state index in [0.717, 1.165) is 0 Å².